The molecular formula is C67H62BrCl5N6O8. The number of nitrogens with zero attached hydrogens (tertiary/aromatic N) is 3. The number of hydrogen-bond donors (Lipinski definition) is 3. The number of nitrogen functional groups attached to an aromatic ring is 2. The lowest BCUT2D eigenvalue weighted by Gasteiger charge is -2.28. The molecule has 0 atom stereocenters. The first-order valence-corrected chi connectivity index (χ1v) is 29.2. The number of imide groups is 1. The van der Waals surface area contributed by atoms with Gasteiger partial charge in [0.25, 0.3) is 0 Å². The number of hydrogen-bond acceptors (Lipinski definition) is 12. The molecule has 0 radical (unpaired) electrons. The quantitative estimate of drug-likeness (QED) is 0.0449. The van der Waals surface area contributed by atoms with Crippen LogP contribution in [0.3, 0.4) is 0 Å². The van der Waals surface area contributed by atoms with E-state index in [4.69, 9.17) is 77.3 Å². The van der Waals surface area contributed by atoms with Gasteiger partial charge >= 0.3 is 12.2 Å². The number of nitrogens with two attached hydrogens (primary N) is 2. The molecule has 0 fully saturated rings. The number of fused-ring (bicyclic) bond motifs is 1. The van der Waals surface area contributed by atoms with Gasteiger partial charge in [-0.15, -0.1) is 0 Å². The highest BCUT2D eigenvalue weighted by Crippen LogP contribution is 2.34. The summed E-state index contributed by atoms with van der Waals surface area (Å²) in [5, 5.41) is 2.52. The predicted octanol–water partition coefficient (Wildman–Crippen LogP) is 13.2. The fraction of sp³-hybridized carbons (Fsp3) is 0.164. The van der Waals surface area contributed by atoms with Crippen molar-refractivity contribution in [2.75, 3.05) is 11.5 Å². The minimum absolute atomic E-state index is 0. The zero-order valence-electron chi connectivity index (χ0n) is 48.3. The van der Waals surface area contributed by atoms with Crippen molar-refractivity contribution < 1.29 is 56.4 Å². The number of amides is 2. The standard InChI is InChI=1S/C25H29NO6.C21H15Cl2N3.C15H11BrO2.C6H6Cl2N2.ClH/c1-24(2,3)31-22(29)26(23(30)32-25(4,5)6)16-17-12-14-19(15-13-17)21(28)20(27)18-10-8-7-9-11-18;22-16-10-18-19(11-17(16)23)26-21(15-8-6-13(12-24)7-9-15)20(25-18)14-4-2-1-3-5-14;16-10-11-6-8-13(9-7-11)15(18)14(17)12-4-2-1-3-5-12;7-3-1-5(9)6(10)2-4(3)8;/h7-15H,16H2,1-6H3;1-11H,12,24H2;1-9H,10H2;1-2H,9-10H2;1H. The molecule has 1 aromatic heterocycles. The van der Waals surface area contributed by atoms with Crippen LogP contribution in [0.2, 0.25) is 20.1 Å². The summed E-state index contributed by atoms with van der Waals surface area (Å²) >= 11 is 26.9. The highest BCUT2D eigenvalue weighted by Gasteiger charge is 2.32. The molecular weight excluding hydrogens is 1270 g/mol. The van der Waals surface area contributed by atoms with Crippen molar-refractivity contribution in [3.05, 3.63) is 247 Å². The summed E-state index contributed by atoms with van der Waals surface area (Å²) in [6.45, 7) is 10.8. The molecule has 2 amide bonds. The maximum atomic E-state index is 12.6. The number of Topliss-reactive ketones (excluding diaryl/α,β-unsaturated/α-hetero) is 4. The lowest BCUT2D eigenvalue weighted by molar-refractivity contribution is -0.386. The largest absolute Gasteiger partial charge is 1.00 e. The molecule has 0 unspecified atom stereocenters. The van der Waals surface area contributed by atoms with E-state index in [-0.39, 0.29) is 24.5 Å². The number of alkyl halides is 1. The highest BCUT2D eigenvalue weighted by molar-refractivity contribution is 9.08. The van der Waals surface area contributed by atoms with Gasteiger partial charge in [0, 0.05) is 44.3 Å². The van der Waals surface area contributed by atoms with Crippen LogP contribution in [0.4, 0.5) is 21.0 Å². The molecule has 0 saturated carbocycles. The normalized spacial score (nSPS) is 10.7. The van der Waals surface area contributed by atoms with Gasteiger partial charge in [-0.3, -0.25) is 19.2 Å². The minimum atomic E-state index is -0.842. The zero-order valence-corrected chi connectivity index (χ0v) is 53.6. The Labute approximate surface area is 539 Å². The van der Waals surface area contributed by atoms with E-state index in [0.717, 1.165) is 55.9 Å². The van der Waals surface area contributed by atoms with Crippen molar-refractivity contribution in [2.45, 2.75) is 71.2 Å². The number of rotatable bonds is 12. The van der Waals surface area contributed by atoms with E-state index >= 15 is 0 Å². The van der Waals surface area contributed by atoms with Crippen molar-refractivity contribution in [1.82, 2.24) is 14.9 Å². The molecule has 20 heteroatoms. The summed E-state index contributed by atoms with van der Waals surface area (Å²) in [5.74, 6) is -2.19. The number of aromatic nitrogens is 2. The van der Waals surface area contributed by atoms with Gasteiger partial charge in [0.2, 0.25) is 23.1 Å². The topological polar surface area (TPSA) is 230 Å². The number of benzene rings is 8. The van der Waals surface area contributed by atoms with E-state index in [2.05, 4.69) is 45.9 Å². The molecule has 8 aromatic carbocycles. The lowest BCUT2D eigenvalue weighted by Crippen LogP contribution is -3.00. The third kappa shape index (κ3) is 20.6. The van der Waals surface area contributed by atoms with Gasteiger partial charge in [-0.2, -0.15) is 0 Å². The molecule has 450 valence electrons. The van der Waals surface area contributed by atoms with E-state index in [1.165, 1.54) is 29.8 Å². The molecule has 87 heavy (non-hydrogen) atoms. The van der Waals surface area contributed by atoms with Crippen molar-refractivity contribution >= 4 is 120 Å². The molecule has 7 N–H and O–H groups in total. The van der Waals surface area contributed by atoms with Crippen molar-refractivity contribution in [3.63, 3.8) is 0 Å². The van der Waals surface area contributed by atoms with Gasteiger partial charge < -0.3 is 39.1 Å². The predicted molar refractivity (Wildman–Crippen MR) is 346 cm³/mol. The van der Waals surface area contributed by atoms with Gasteiger partial charge in [0.15, 0.2) is 0 Å². The highest BCUT2D eigenvalue weighted by atomic mass is 79.9. The van der Waals surface area contributed by atoms with Crippen LogP contribution in [0.5, 0.6) is 0 Å². The second-order valence-electron chi connectivity index (χ2n) is 21.0. The van der Waals surface area contributed by atoms with Gasteiger partial charge in [-0.1, -0.05) is 226 Å². The Morgan fingerprint density at radius 1 is 0.460 bits per heavy atom. The van der Waals surface area contributed by atoms with Gasteiger partial charge in [-0.25, -0.2) is 24.5 Å². The molecule has 0 saturated heterocycles. The number of quaternary nitrogens is 1. The fourth-order valence-electron chi connectivity index (χ4n) is 7.69. The Bertz CT molecular complexity index is 3780. The first-order valence-electron chi connectivity index (χ1n) is 26.6. The third-order valence-electron chi connectivity index (χ3n) is 12.0. The van der Waals surface area contributed by atoms with Gasteiger partial charge in [0.05, 0.1) is 67.0 Å². The van der Waals surface area contributed by atoms with E-state index in [1.807, 2.05) is 48.5 Å². The molecule has 1 heterocycles. The molecule has 0 aliphatic rings. The molecule has 0 spiro atoms. The summed E-state index contributed by atoms with van der Waals surface area (Å²) in [6.07, 6.45) is -1.68. The zero-order chi connectivity index (χ0) is 62.9. The van der Waals surface area contributed by atoms with Crippen molar-refractivity contribution in [3.8, 4) is 22.5 Å². The Hall–Kier alpha value is -7.99. The fourth-order valence-corrected chi connectivity index (χ4v) is 8.72. The Balaban J connectivity index is 0.000000225. The summed E-state index contributed by atoms with van der Waals surface area (Å²) in [5.41, 5.74) is 23.3. The van der Waals surface area contributed by atoms with Crippen molar-refractivity contribution in [1.29, 1.82) is 0 Å². The molecule has 0 bridgehead atoms. The van der Waals surface area contributed by atoms with Crippen LogP contribution < -0.4 is 29.6 Å². The number of halogens is 6. The molecule has 0 aliphatic carbocycles. The number of ketones is 4. The van der Waals surface area contributed by atoms with Crippen LogP contribution in [0.1, 0.15) is 99.7 Å². The number of ether oxygens (including phenoxy) is 2. The summed E-state index contributed by atoms with van der Waals surface area (Å²) in [6, 6.07) is 54.9. The molecule has 14 nitrogen and oxygen atoms in total. The first kappa shape index (κ1) is 69.8. The van der Waals surface area contributed by atoms with Crippen LogP contribution in [0.25, 0.3) is 33.5 Å². The van der Waals surface area contributed by atoms with Crippen LogP contribution >= 0.6 is 62.3 Å². The van der Waals surface area contributed by atoms with Gasteiger partial charge in [-0.05, 0) is 76.9 Å². The first-order chi connectivity index (χ1) is 40.7. The monoisotopic (exact) mass is 1330 g/mol. The number of carbonyl (C=O) groups excluding carboxylic acids is 6. The van der Waals surface area contributed by atoms with Crippen molar-refractivity contribution in [2.24, 2.45) is 0 Å². The summed E-state index contributed by atoms with van der Waals surface area (Å²) < 4.78 is 10.7. The second kappa shape index (κ2) is 32.1. The van der Waals surface area contributed by atoms with Crippen LogP contribution in [-0.4, -0.2) is 61.4 Å². The average molecular weight is 1340 g/mol. The van der Waals surface area contributed by atoms with Crippen LogP contribution in [0, 0.1) is 0 Å². The Morgan fingerprint density at radius 3 is 1.11 bits per heavy atom. The van der Waals surface area contributed by atoms with E-state index in [9.17, 15) is 28.8 Å². The van der Waals surface area contributed by atoms with Gasteiger partial charge in [0.1, 0.15) is 11.2 Å². The number of anilines is 2. The SMILES string of the molecule is CC(C)(C)OC(=O)N(Cc1ccc(C(=O)C(=O)c2ccccc2)cc1)C(=O)OC(C)(C)C.Nc1cc(Cl)c(Cl)cc1N.O=C(C(=O)c1ccc(CBr)cc1)c1ccccc1.[Cl-].[NH3+]Cc1ccc(-c2nc3cc(Cl)c(Cl)cc3nc2-c2ccccc2)cc1. The maximum Gasteiger partial charge on any atom is 0.420 e. The maximum absolute atomic E-state index is 12.6. The Morgan fingerprint density at radius 2 is 0.770 bits per heavy atom. The summed E-state index contributed by atoms with van der Waals surface area (Å²) in [7, 11) is 0. The molecule has 9 aromatic rings. The second-order valence-corrected chi connectivity index (χ2v) is 23.2. The van der Waals surface area contributed by atoms with Crippen LogP contribution in [-0.2, 0) is 27.9 Å². The van der Waals surface area contributed by atoms with E-state index in [0.29, 0.717) is 53.7 Å². The molecule has 0 aliphatic heterocycles. The smallest absolute Gasteiger partial charge is 0.420 e. The Kier molecular flexibility index (Phi) is 25.8. The molecule has 9 rings (SSSR count). The lowest BCUT2D eigenvalue weighted by atomic mass is 10.0. The van der Waals surface area contributed by atoms with Crippen LogP contribution in [0.15, 0.2) is 188 Å². The summed E-state index contributed by atoms with van der Waals surface area (Å²) in [4.78, 5) is 84.6. The number of carbonyl (C=O) groups is 6. The third-order valence-corrected chi connectivity index (χ3v) is 14.1. The van der Waals surface area contributed by atoms with E-state index in [1.54, 1.807) is 133 Å². The van der Waals surface area contributed by atoms with E-state index < -0.39 is 46.5 Å². The average Bonchev–Trinajstić information content (AvgIpc) is 2.12. The minimum Gasteiger partial charge on any atom is -1.00 e.